The summed E-state index contributed by atoms with van der Waals surface area (Å²) < 4.78 is 16.3. The lowest BCUT2D eigenvalue weighted by Crippen LogP contribution is -2.38. The highest BCUT2D eigenvalue weighted by atomic mass is 19.1. The summed E-state index contributed by atoms with van der Waals surface area (Å²) in [5.41, 5.74) is -0.432. The fraction of sp³-hybridized carbons (Fsp3) is 0.235. The van der Waals surface area contributed by atoms with E-state index in [9.17, 15) is 23.6 Å². The van der Waals surface area contributed by atoms with Gasteiger partial charge in [0.05, 0.1) is 12.9 Å². The third kappa shape index (κ3) is 3.68. The lowest BCUT2D eigenvalue weighted by molar-refractivity contribution is -0.124. The quantitative estimate of drug-likeness (QED) is 0.601. The van der Waals surface area contributed by atoms with Gasteiger partial charge in [0, 0.05) is 19.8 Å². The Hall–Kier alpha value is -3.76. The molecule has 0 radical (unpaired) electrons. The average Bonchev–Trinajstić information content (AvgIpc) is 3.08. The van der Waals surface area contributed by atoms with Crippen LogP contribution in [-0.2, 0) is 30.2 Å². The number of amides is 2. The number of rotatable bonds is 5. The van der Waals surface area contributed by atoms with Crippen LogP contribution in [0.4, 0.5) is 10.1 Å². The number of hydrogen-bond acceptors (Lipinski definition) is 5. The zero-order valence-corrected chi connectivity index (χ0v) is 15.1. The van der Waals surface area contributed by atoms with E-state index in [0.29, 0.717) is 5.69 Å². The summed E-state index contributed by atoms with van der Waals surface area (Å²) >= 11 is 0. The molecule has 11 heteroatoms. The first-order valence-corrected chi connectivity index (χ1v) is 8.21. The van der Waals surface area contributed by atoms with E-state index < -0.39 is 28.9 Å². The lowest BCUT2D eigenvalue weighted by Gasteiger charge is -2.08. The molecule has 146 valence electrons. The highest BCUT2D eigenvalue weighted by molar-refractivity contribution is 5.94. The van der Waals surface area contributed by atoms with Crippen LogP contribution in [0.5, 0.6) is 0 Å². The van der Waals surface area contributed by atoms with Gasteiger partial charge in [0.25, 0.3) is 5.56 Å². The second kappa shape index (κ2) is 7.47. The second-order valence-corrected chi connectivity index (χ2v) is 6.08. The predicted molar refractivity (Wildman–Crippen MR) is 98.3 cm³/mol. The number of nitrogens with one attached hydrogen (secondary N) is 2. The number of anilines is 1. The Morgan fingerprint density at radius 1 is 1.07 bits per heavy atom. The van der Waals surface area contributed by atoms with Crippen molar-refractivity contribution in [3.63, 3.8) is 0 Å². The Bertz CT molecular complexity index is 1180. The van der Waals surface area contributed by atoms with E-state index in [1.165, 1.54) is 53.8 Å². The molecule has 0 bridgehead atoms. The number of carbonyl (C=O) groups is 2. The molecule has 2 heterocycles. The third-order valence-electron chi connectivity index (χ3n) is 4.11. The number of carbonyl (C=O) groups excluding carboxylic acids is 2. The molecule has 28 heavy (non-hydrogen) atoms. The monoisotopic (exact) mass is 388 g/mol. The predicted octanol–water partition coefficient (Wildman–Crippen LogP) is -0.672. The van der Waals surface area contributed by atoms with Crippen LogP contribution in [0, 0.1) is 5.82 Å². The molecule has 0 fully saturated rings. The number of aryl methyl sites for hydroxylation is 1. The number of benzene rings is 1. The van der Waals surface area contributed by atoms with E-state index >= 15 is 0 Å². The van der Waals surface area contributed by atoms with Crippen molar-refractivity contribution in [1.29, 1.82) is 0 Å². The topological polar surface area (TPSA) is 120 Å². The fourth-order valence-electron chi connectivity index (χ4n) is 2.64. The first kappa shape index (κ1) is 19.0. The minimum atomic E-state index is -0.572. The molecule has 2 aromatic heterocycles. The number of halogens is 1. The van der Waals surface area contributed by atoms with E-state index in [1.54, 1.807) is 0 Å². The lowest BCUT2D eigenvalue weighted by atomic mass is 10.3. The van der Waals surface area contributed by atoms with Gasteiger partial charge >= 0.3 is 5.69 Å². The summed E-state index contributed by atoms with van der Waals surface area (Å²) in [5, 5.41) is 4.94. The summed E-state index contributed by atoms with van der Waals surface area (Å²) in [6.45, 7) is -0.562. The number of imidazole rings is 1. The van der Waals surface area contributed by atoms with Crippen molar-refractivity contribution >= 4 is 28.7 Å². The molecule has 0 saturated heterocycles. The zero-order valence-electron chi connectivity index (χ0n) is 15.1. The van der Waals surface area contributed by atoms with Crippen LogP contribution >= 0.6 is 0 Å². The number of aromatic nitrogens is 4. The molecule has 2 amide bonds. The Balaban J connectivity index is 1.67. The number of nitrogens with zero attached hydrogens (tertiary/aromatic N) is 4. The van der Waals surface area contributed by atoms with E-state index in [0.717, 1.165) is 4.57 Å². The van der Waals surface area contributed by atoms with Crippen LogP contribution in [0.25, 0.3) is 11.2 Å². The van der Waals surface area contributed by atoms with Gasteiger partial charge in [-0.25, -0.2) is 14.2 Å². The van der Waals surface area contributed by atoms with Crippen molar-refractivity contribution in [3.8, 4) is 0 Å². The first-order valence-electron chi connectivity index (χ1n) is 8.21. The largest absolute Gasteiger partial charge is 0.345 e. The molecule has 0 atom stereocenters. The number of fused-ring (bicyclic) bond motifs is 1. The van der Waals surface area contributed by atoms with Crippen molar-refractivity contribution in [1.82, 2.24) is 24.0 Å². The normalized spacial score (nSPS) is 10.8. The minimum Gasteiger partial charge on any atom is -0.345 e. The SMILES string of the molecule is Cn1c(=O)c2c(ncn2CC(=O)NCC(=O)Nc2ccc(F)cc2)n(C)c1=O. The standard InChI is InChI=1S/C17H17FN6O4/c1-22-15-14(16(27)23(2)17(22)28)24(9-20-15)8-13(26)19-7-12(25)21-11-5-3-10(18)4-6-11/h3-6,9H,7-8H2,1-2H3,(H,19,26)(H,21,25). The van der Waals surface area contributed by atoms with E-state index in [2.05, 4.69) is 15.6 Å². The highest BCUT2D eigenvalue weighted by Crippen LogP contribution is 2.08. The third-order valence-corrected chi connectivity index (χ3v) is 4.11. The van der Waals surface area contributed by atoms with Crippen LogP contribution < -0.4 is 21.9 Å². The smallest absolute Gasteiger partial charge is 0.332 e. The molecule has 3 rings (SSSR count). The molecule has 0 aliphatic carbocycles. The second-order valence-electron chi connectivity index (χ2n) is 6.08. The van der Waals surface area contributed by atoms with Crippen molar-refractivity contribution in [3.05, 3.63) is 57.2 Å². The zero-order chi connectivity index (χ0) is 20.4. The maximum atomic E-state index is 12.9. The summed E-state index contributed by atoms with van der Waals surface area (Å²) in [6.07, 6.45) is 1.28. The summed E-state index contributed by atoms with van der Waals surface area (Å²) in [4.78, 5) is 52.3. The van der Waals surface area contributed by atoms with Crippen molar-refractivity contribution in [2.45, 2.75) is 6.54 Å². The van der Waals surface area contributed by atoms with Gasteiger partial charge in [-0.2, -0.15) is 0 Å². The molecule has 10 nitrogen and oxygen atoms in total. The Labute approximate surface area is 157 Å². The van der Waals surface area contributed by atoms with Crippen LogP contribution in [0.2, 0.25) is 0 Å². The van der Waals surface area contributed by atoms with Gasteiger partial charge in [-0.05, 0) is 24.3 Å². The molecule has 3 aromatic rings. The Morgan fingerprint density at radius 3 is 2.43 bits per heavy atom. The summed E-state index contributed by atoms with van der Waals surface area (Å²) in [7, 11) is 2.81. The van der Waals surface area contributed by atoms with Gasteiger partial charge < -0.3 is 15.2 Å². The first-order chi connectivity index (χ1) is 13.3. The van der Waals surface area contributed by atoms with Gasteiger partial charge in [0.1, 0.15) is 12.4 Å². The molecule has 0 unspecified atom stereocenters. The maximum Gasteiger partial charge on any atom is 0.332 e. The molecule has 2 N–H and O–H groups in total. The molecular formula is C17H17FN6O4. The van der Waals surface area contributed by atoms with Crippen molar-refractivity contribution in [2.24, 2.45) is 14.1 Å². The van der Waals surface area contributed by atoms with Gasteiger partial charge in [0.2, 0.25) is 11.8 Å². The fourth-order valence-corrected chi connectivity index (χ4v) is 2.64. The minimum absolute atomic E-state index is 0.107. The van der Waals surface area contributed by atoms with Crippen LogP contribution in [0.1, 0.15) is 0 Å². The van der Waals surface area contributed by atoms with Gasteiger partial charge in [-0.3, -0.25) is 23.5 Å². The van der Waals surface area contributed by atoms with Gasteiger partial charge in [-0.15, -0.1) is 0 Å². The van der Waals surface area contributed by atoms with E-state index in [4.69, 9.17) is 0 Å². The van der Waals surface area contributed by atoms with Crippen molar-refractivity contribution < 1.29 is 14.0 Å². The average molecular weight is 388 g/mol. The summed E-state index contributed by atoms with van der Waals surface area (Å²) in [5.74, 6) is -1.44. The van der Waals surface area contributed by atoms with Gasteiger partial charge in [0.15, 0.2) is 11.2 Å². The van der Waals surface area contributed by atoms with Gasteiger partial charge in [-0.1, -0.05) is 0 Å². The number of hydrogen-bond donors (Lipinski definition) is 2. The van der Waals surface area contributed by atoms with Crippen LogP contribution in [0.3, 0.4) is 0 Å². The van der Waals surface area contributed by atoms with E-state index in [-0.39, 0.29) is 24.3 Å². The molecular weight excluding hydrogens is 371 g/mol. The molecule has 1 aromatic carbocycles. The molecule has 0 aliphatic rings. The molecule has 0 aliphatic heterocycles. The summed E-state index contributed by atoms with van der Waals surface area (Å²) in [6, 6.07) is 5.19. The van der Waals surface area contributed by atoms with Crippen LogP contribution in [0.15, 0.2) is 40.2 Å². The Morgan fingerprint density at radius 2 is 1.75 bits per heavy atom. The Kier molecular flexibility index (Phi) is 5.07. The van der Waals surface area contributed by atoms with Crippen LogP contribution in [-0.4, -0.2) is 37.0 Å². The van der Waals surface area contributed by atoms with E-state index in [1.807, 2.05) is 0 Å². The van der Waals surface area contributed by atoms with Crippen molar-refractivity contribution in [2.75, 3.05) is 11.9 Å². The molecule has 0 saturated carbocycles. The maximum absolute atomic E-state index is 12.9. The molecule has 0 spiro atoms. The highest BCUT2D eigenvalue weighted by Gasteiger charge is 2.16.